The average Bonchev–Trinajstić information content (AvgIpc) is 2.66. The molecule has 0 aliphatic heterocycles. The van der Waals surface area contributed by atoms with E-state index in [-0.39, 0.29) is 28.3 Å². The van der Waals surface area contributed by atoms with Crippen molar-refractivity contribution in [2.45, 2.75) is 75.3 Å². The molecule has 2 amide bonds. The molecule has 9 heteroatoms. The van der Waals surface area contributed by atoms with Crippen LogP contribution in [0.4, 0.5) is 0 Å². The van der Waals surface area contributed by atoms with E-state index in [1.54, 1.807) is 32.9 Å². The number of rotatable bonds is 7. The number of nitrogens with zero attached hydrogens (tertiary/aromatic N) is 1. The van der Waals surface area contributed by atoms with Crippen LogP contribution in [0, 0.1) is 17.3 Å². The van der Waals surface area contributed by atoms with Gasteiger partial charge < -0.3 is 11.1 Å². The van der Waals surface area contributed by atoms with Gasteiger partial charge in [-0.15, -0.1) is 0 Å². The van der Waals surface area contributed by atoms with E-state index in [4.69, 9.17) is 17.3 Å². The third kappa shape index (κ3) is 3.64. The molecule has 1 aromatic carbocycles. The first-order valence-electron chi connectivity index (χ1n) is 11.3. The van der Waals surface area contributed by atoms with E-state index >= 15 is 0 Å². The molecule has 0 radical (unpaired) electrons. The summed E-state index contributed by atoms with van der Waals surface area (Å²) in [6, 6.07) is 6.24. The average molecular weight is 482 g/mol. The number of hydrogen-bond donors (Lipinski definition) is 2. The number of likely N-dealkylation sites (N-methyl/N-ethyl adjacent to an activating group) is 1. The highest BCUT2D eigenvalue weighted by atomic mass is 35.5. The topological polar surface area (TPSA) is 110 Å². The molecular weight excluding hydrogens is 450 g/mol. The molecule has 0 saturated heterocycles. The maximum atomic E-state index is 13.6. The van der Waals surface area contributed by atoms with Crippen LogP contribution in [0.3, 0.4) is 0 Å². The van der Waals surface area contributed by atoms with E-state index in [9.17, 15) is 18.0 Å². The Morgan fingerprint density at radius 2 is 1.78 bits per heavy atom. The fraction of sp³-hybridized carbons (Fsp3) is 0.652. The number of nitrogens with one attached hydrogen (secondary N) is 1. The third-order valence-electron chi connectivity index (χ3n) is 7.83. The SMILES string of the molecule is CCN(C(C)(C)C(=O)NC12CC3CC(C1)CC(C(N)=O)(C3)C2)S(=O)(=O)c1ccccc1Cl. The molecule has 0 heterocycles. The van der Waals surface area contributed by atoms with Gasteiger partial charge in [0.1, 0.15) is 10.4 Å². The standard InChI is InChI=1S/C23H32ClN3O4S/c1-4-27(32(30,31)18-8-6-5-7-17(18)24)21(2,3)20(29)26-23-12-15-9-16(13-23)11-22(10-15,14-23)19(25)28/h5-8,15-16H,4,9-14H2,1-3H3,(H2,25,28)(H,26,29). The third-order valence-corrected chi connectivity index (χ3v) is 10.5. The Kier molecular flexibility index (Phi) is 5.66. The normalized spacial score (nSPS) is 31.7. The highest BCUT2D eigenvalue weighted by Gasteiger charge is 2.61. The summed E-state index contributed by atoms with van der Waals surface area (Å²) < 4.78 is 28.1. The van der Waals surface area contributed by atoms with Crippen LogP contribution in [0.5, 0.6) is 0 Å². The summed E-state index contributed by atoms with van der Waals surface area (Å²) in [6.45, 7) is 5.04. The van der Waals surface area contributed by atoms with E-state index in [0.717, 1.165) is 32.1 Å². The predicted molar refractivity (Wildman–Crippen MR) is 122 cm³/mol. The fourth-order valence-electron chi connectivity index (χ4n) is 6.84. The summed E-state index contributed by atoms with van der Waals surface area (Å²) in [6.07, 6.45) is 4.81. The van der Waals surface area contributed by atoms with Gasteiger partial charge in [-0.1, -0.05) is 30.7 Å². The number of sulfonamides is 1. The number of halogens is 1. The molecule has 176 valence electrons. The molecule has 5 rings (SSSR count). The first-order valence-corrected chi connectivity index (χ1v) is 13.1. The lowest BCUT2D eigenvalue weighted by atomic mass is 9.46. The Hall–Kier alpha value is -1.64. The largest absolute Gasteiger partial charge is 0.369 e. The molecule has 4 aliphatic rings. The number of nitrogens with two attached hydrogens (primary N) is 1. The van der Waals surface area contributed by atoms with Gasteiger partial charge in [-0.3, -0.25) is 9.59 Å². The van der Waals surface area contributed by atoms with Crippen LogP contribution in [-0.2, 0) is 19.6 Å². The number of benzene rings is 1. The predicted octanol–water partition coefficient (Wildman–Crippen LogP) is 3.07. The van der Waals surface area contributed by atoms with Crippen LogP contribution in [0.2, 0.25) is 5.02 Å². The molecule has 1 aromatic rings. The van der Waals surface area contributed by atoms with Gasteiger partial charge in [0.05, 0.1) is 10.4 Å². The smallest absolute Gasteiger partial charge is 0.245 e. The summed E-state index contributed by atoms with van der Waals surface area (Å²) in [5.74, 6) is 0.0834. The molecule has 2 atom stereocenters. The highest BCUT2D eigenvalue weighted by Crippen LogP contribution is 2.61. The minimum atomic E-state index is -4.01. The van der Waals surface area contributed by atoms with Crippen molar-refractivity contribution in [1.29, 1.82) is 0 Å². The van der Waals surface area contributed by atoms with E-state index in [2.05, 4.69) is 5.32 Å². The van der Waals surface area contributed by atoms with Crippen LogP contribution < -0.4 is 11.1 Å². The molecule has 4 aliphatic carbocycles. The summed E-state index contributed by atoms with van der Waals surface area (Å²) in [5, 5.41) is 3.33. The van der Waals surface area contributed by atoms with E-state index in [1.165, 1.54) is 16.4 Å². The molecule has 0 spiro atoms. The van der Waals surface area contributed by atoms with Crippen LogP contribution in [0.1, 0.15) is 59.3 Å². The van der Waals surface area contributed by atoms with Crippen molar-refractivity contribution in [2.24, 2.45) is 23.0 Å². The minimum Gasteiger partial charge on any atom is -0.369 e. The zero-order valence-electron chi connectivity index (χ0n) is 18.9. The lowest BCUT2D eigenvalue weighted by Crippen LogP contribution is -2.68. The zero-order chi connectivity index (χ0) is 23.5. The molecule has 32 heavy (non-hydrogen) atoms. The monoisotopic (exact) mass is 481 g/mol. The van der Waals surface area contributed by atoms with Gasteiger partial charge in [0.25, 0.3) is 0 Å². The van der Waals surface area contributed by atoms with E-state index in [0.29, 0.717) is 18.3 Å². The molecule has 3 N–H and O–H groups in total. The van der Waals surface area contributed by atoms with E-state index in [1.807, 2.05) is 0 Å². The highest BCUT2D eigenvalue weighted by molar-refractivity contribution is 7.89. The molecule has 4 fully saturated rings. The van der Waals surface area contributed by atoms with Crippen molar-refractivity contribution in [1.82, 2.24) is 9.62 Å². The summed E-state index contributed by atoms with van der Waals surface area (Å²) in [4.78, 5) is 26.0. The van der Waals surface area contributed by atoms with Crippen molar-refractivity contribution in [3.05, 3.63) is 29.3 Å². The Morgan fingerprint density at radius 3 is 2.31 bits per heavy atom. The van der Waals surface area contributed by atoms with Crippen molar-refractivity contribution >= 4 is 33.4 Å². The van der Waals surface area contributed by atoms with Crippen molar-refractivity contribution in [3.63, 3.8) is 0 Å². The number of carbonyl (C=O) groups is 2. The van der Waals surface area contributed by atoms with Gasteiger partial charge in [0, 0.05) is 12.1 Å². The zero-order valence-corrected chi connectivity index (χ0v) is 20.4. The Bertz CT molecular complexity index is 1040. The van der Waals surface area contributed by atoms with Crippen LogP contribution in [0.15, 0.2) is 29.2 Å². The number of amides is 2. The molecular formula is C23H32ClN3O4S. The van der Waals surface area contributed by atoms with Gasteiger partial charge in [-0.05, 0) is 76.3 Å². The Labute approximate surface area is 195 Å². The molecule has 0 aromatic heterocycles. The minimum absolute atomic E-state index is 0.0214. The van der Waals surface area contributed by atoms with Gasteiger partial charge >= 0.3 is 0 Å². The summed E-state index contributed by atoms with van der Waals surface area (Å²) in [5.41, 5.74) is 3.40. The van der Waals surface area contributed by atoms with Crippen molar-refractivity contribution in [2.75, 3.05) is 6.54 Å². The van der Waals surface area contributed by atoms with Crippen LogP contribution in [-0.4, -0.2) is 42.2 Å². The molecule has 7 nitrogen and oxygen atoms in total. The fourth-order valence-corrected chi connectivity index (χ4v) is 9.10. The van der Waals surface area contributed by atoms with Gasteiger partial charge in [0.15, 0.2) is 0 Å². The lowest BCUT2D eigenvalue weighted by molar-refractivity contribution is -0.152. The maximum Gasteiger partial charge on any atom is 0.245 e. The van der Waals surface area contributed by atoms with Gasteiger partial charge in [-0.25, -0.2) is 8.42 Å². The molecule has 4 saturated carbocycles. The molecule has 2 unspecified atom stereocenters. The van der Waals surface area contributed by atoms with E-state index < -0.39 is 26.5 Å². The van der Waals surface area contributed by atoms with Crippen LogP contribution >= 0.6 is 11.6 Å². The summed E-state index contributed by atoms with van der Waals surface area (Å²) in [7, 11) is -4.01. The second-order valence-corrected chi connectivity index (χ2v) is 12.7. The quantitative estimate of drug-likeness (QED) is 0.623. The second kappa shape index (κ2) is 7.71. The Morgan fingerprint density at radius 1 is 1.19 bits per heavy atom. The number of carbonyl (C=O) groups excluding carboxylic acids is 2. The maximum absolute atomic E-state index is 13.6. The van der Waals surface area contributed by atoms with Gasteiger partial charge in [-0.2, -0.15) is 4.31 Å². The van der Waals surface area contributed by atoms with Crippen LogP contribution in [0.25, 0.3) is 0 Å². The molecule has 4 bridgehead atoms. The second-order valence-electron chi connectivity index (χ2n) is 10.5. The first kappa shape index (κ1) is 23.5. The van der Waals surface area contributed by atoms with Gasteiger partial charge in [0.2, 0.25) is 21.8 Å². The Balaban J connectivity index is 1.62. The van der Waals surface area contributed by atoms with Crippen molar-refractivity contribution in [3.8, 4) is 0 Å². The summed E-state index contributed by atoms with van der Waals surface area (Å²) >= 11 is 6.18. The number of primary amides is 1. The number of hydrogen-bond acceptors (Lipinski definition) is 4. The lowest BCUT2D eigenvalue weighted by Gasteiger charge is -2.61. The first-order chi connectivity index (χ1) is 14.9. The van der Waals surface area contributed by atoms with Crippen molar-refractivity contribution < 1.29 is 18.0 Å².